The van der Waals surface area contributed by atoms with E-state index in [1.54, 1.807) is 12.4 Å². The van der Waals surface area contributed by atoms with Crippen LogP contribution in [0.2, 0.25) is 0 Å². The largest absolute Gasteiger partial charge is 0.368 e. The molecule has 2 fully saturated rings. The van der Waals surface area contributed by atoms with Gasteiger partial charge in [-0.05, 0) is 53.2 Å². The predicted octanol–water partition coefficient (Wildman–Crippen LogP) is 3.38. The number of fused-ring (bicyclic) bond motifs is 1. The van der Waals surface area contributed by atoms with E-state index >= 15 is 0 Å². The highest BCUT2D eigenvalue weighted by atomic mass is 79.9. The number of aromatic nitrogens is 4. The average molecular weight is 485 g/mol. The van der Waals surface area contributed by atoms with Gasteiger partial charge in [0.2, 0.25) is 0 Å². The quantitative estimate of drug-likeness (QED) is 0.597. The predicted molar refractivity (Wildman–Crippen MR) is 120 cm³/mol. The summed E-state index contributed by atoms with van der Waals surface area (Å²) < 4.78 is 8.26. The van der Waals surface area contributed by atoms with E-state index in [0.717, 1.165) is 66.0 Å². The zero-order valence-corrected chi connectivity index (χ0v) is 18.8. The number of carbonyl (C=O) groups is 1. The molecule has 2 aliphatic rings. The van der Waals surface area contributed by atoms with Gasteiger partial charge in [-0.1, -0.05) is 6.07 Å². The normalized spacial score (nSPS) is 19.8. The summed E-state index contributed by atoms with van der Waals surface area (Å²) in [6.07, 6.45) is 8.77. The van der Waals surface area contributed by atoms with Crippen LogP contribution >= 0.6 is 15.9 Å². The first-order valence-corrected chi connectivity index (χ1v) is 11.6. The lowest BCUT2D eigenvalue weighted by Crippen LogP contribution is -2.43. The van der Waals surface area contributed by atoms with Crippen LogP contribution in [-0.2, 0) is 16.1 Å². The topological polar surface area (TPSA) is 84.7 Å². The Morgan fingerprint density at radius 1 is 1.26 bits per heavy atom. The molecular weight excluding hydrogens is 460 g/mol. The minimum absolute atomic E-state index is 0.150. The number of amides is 1. The molecule has 3 aromatic rings. The summed E-state index contributed by atoms with van der Waals surface area (Å²) in [7, 11) is 0. The number of ether oxygens (including phenoxy) is 1. The van der Waals surface area contributed by atoms with Crippen LogP contribution in [0.15, 0.2) is 41.3 Å². The molecule has 162 valence electrons. The van der Waals surface area contributed by atoms with E-state index in [-0.39, 0.29) is 12.0 Å². The van der Waals surface area contributed by atoms with Crippen molar-refractivity contribution in [3.63, 3.8) is 0 Å². The van der Waals surface area contributed by atoms with Crippen molar-refractivity contribution in [2.45, 2.75) is 44.2 Å². The van der Waals surface area contributed by atoms with E-state index < -0.39 is 0 Å². The second-order valence-electron chi connectivity index (χ2n) is 8.11. The third-order valence-electron chi connectivity index (χ3n) is 6.08. The fourth-order valence-electron chi connectivity index (χ4n) is 4.36. The Hall–Kier alpha value is -2.52. The zero-order chi connectivity index (χ0) is 21.2. The van der Waals surface area contributed by atoms with Crippen LogP contribution in [0, 0.1) is 0 Å². The van der Waals surface area contributed by atoms with Crippen molar-refractivity contribution in [3.8, 4) is 0 Å². The minimum Gasteiger partial charge on any atom is -0.368 e. The summed E-state index contributed by atoms with van der Waals surface area (Å²) in [4.78, 5) is 23.7. The Kier molecular flexibility index (Phi) is 5.87. The van der Waals surface area contributed by atoms with Crippen LogP contribution in [0.1, 0.15) is 42.9 Å². The van der Waals surface area contributed by atoms with Crippen molar-refractivity contribution >= 4 is 33.3 Å². The number of carbonyl (C=O) groups excluding carboxylic acids is 1. The van der Waals surface area contributed by atoms with Crippen molar-refractivity contribution in [2.75, 3.05) is 25.0 Å². The van der Waals surface area contributed by atoms with Crippen LogP contribution in [0.5, 0.6) is 0 Å². The van der Waals surface area contributed by atoms with Gasteiger partial charge in [0.15, 0.2) is 5.65 Å². The van der Waals surface area contributed by atoms with E-state index in [0.29, 0.717) is 19.1 Å². The maximum absolute atomic E-state index is 12.7. The second kappa shape index (κ2) is 8.92. The van der Waals surface area contributed by atoms with Gasteiger partial charge in [-0.3, -0.25) is 9.78 Å². The standard InChI is InChI=1S/C22H25BrN6O2/c23-17-14-26-29-20(25-13-15-3-1-7-24-12-15)11-18(27-21(17)29)16-5-8-28(9-6-16)22(30)19-4-2-10-31-19/h1,3,7,11-12,14,16,19,25H,2,4-6,8-10,13H2. The Bertz CT molecular complexity index is 1060. The monoisotopic (exact) mass is 484 g/mol. The van der Waals surface area contributed by atoms with Crippen molar-refractivity contribution < 1.29 is 9.53 Å². The molecule has 2 aliphatic heterocycles. The van der Waals surface area contributed by atoms with Gasteiger partial charge in [-0.2, -0.15) is 9.61 Å². The van der Waals surface area contributed by atoms with Crippen LogP contribution in [0.25, 0.3) is 5.65 Å². The molecule has 5 heterocycles. The molecule has 1 amide bonds. The average Bonchev–Trinajstić information content (AvgIpc) is 3.48. The SMILES string of the molecule is O=C(C1CCCO1)N1CCC(c2cc(NCc3cccnc3)n3ncc(Br)c3n2)CC1. The summed E-state index contributed by atoms with van der Waals surface area (Å²) in [5.41, 5.74) is 2.93. The molecule has 5 rings (SSSR count). The molecule has 1 unspecified atom stereocenters. The first-order chi connectivity index (χ1) is 15.2. The van der Waals surface area contributed by atoms with Crippen LogP contribution in [0.4, 0.5) is 5.82 Å². The van der Waals surface area contributed by atoms with Crippen LogP contribution in [0.3, 0.4) is 0 Å². The fraction of sp³-hybridized carbons (Fsp3) is 0.455. The molecule has 1 N–H and O–H groups in total. The number of pyridine rings is 1. The summed E-state index contributed by atoms with van der Waals surface area (Å²) in [6, 6.07) is 6.06. The van der Waals surface area contributed by atoms with Crippen molar-refractivity contribution in [3.05, 3.63) is 52.5 Å². The molecule has 31 heavy (non-hydrogen) atoms. The smallest absolute Gasteiger partial charge is 0.251 e. The van der Waals surface area contributed by atoms with Gasteiger partial charge in [-0.15, -0.1) is 0 Å². The molecule has 3 aromatic heterocycles. The highest BCUT2D eigenvalue weighted by Crippen LogP contribution is 2.31. The molecule has 1 atom stereocenters. The number of likely N-dealkylation sites (tertiary alicyclic amines) is 1. The molecule has 0 bridgehead atoms. The third-order valence-corrected chi connectivity index (χ3v) is 6.63. The number of piperidine rings is 1. The summed E-state index contributed by atoms with van der Waals surface area (Å²) >= 11 is 3.57. The lowest BCUT2D eigenvalue weighted by Gasteiger charge is -2.33. The lowest BCUT2D eigenvalue weighted by molar-refractivity contribution is -0.142. The number of anilines is 1. The maximum atomic E-state index is 12.7. The Labute approximate surface area is 189 Å². The van der Waals surface area contributed by atoms with E-state index in [1.807, 2.05) is 27.7 Å². The number of halogens is 1. The molecule has 2 saturated heterocycles. The second-order valence-corrected chi connectivity index (χ2v) is 8.96. The van der Waals surface area contributed by atoms with Crippen LogP contribution in [-0.4, -0.2) is 56.2 Å². The molecule has 0 spiro atoms. The Morgan fingerprint density at radius 2 is 2.13 bits per heavy atom. The van der Waals surface area contributed by atoms with Gasteiger partial charge in [0.1, 0.15) is 11.9 Å². The van der Waals surface area contributed by atoms with Gasteiger partial charge in [-0.25, -0.2) is 4.98 Å². The lowest BCUT2D eigenvalue weighted by atomic mass is 9.92. The third kappa shape index (κ3) is 4.29. The van der Waals surface area contributed by atoms with E-state index in [2.05, 4.69) is 37.4 Å². The Morgan fingerprint density at radius 3 is 2.87 bits per heavy atom. The molecule has 0 aromatic carbocycles. The van der Waals surface area contributed by atoms with E-state index in [9.17, 15) is 4.79 Å². The number of nitrogens with one attached hydrogen (secondary N) is 1. The highest BCUT2D eigenvalue weighted by molar-refractivity contribution is 9.10. The molecule has 0 aliphatic carbocycles. The molecule has 0 radical (unpaired) electrons. The number of rotatable bonds is 5. The van der Waals surface area contributed by atoms with Crippen molar-refractivity contribution in [1.82, 2.24) is 24.5 Å². The van der Waals surface area contributed by atoms with Crippen molar-refractivity contribution in [1.29, 1.82) is 0 Å². The summed E-state index contributed by atoms with van der Waals surface area (Å²) in [5, 5.41) is 7.94. The number of nitrogens with zero attached hydrogens (tertiary/aromatic N) is 5. The van der Waals surface area contributed by atoms with Crippen molar-refractivity contribution in [2.24, 2.45) is 0 Å². The molecular formula is C22H25BrN6O2. The first-order valence-electron chi connectivity index (χ1n) is 10.8. The van der Waals surface area contributed by atoms with Gasteiger partial charge < -0.3 is 15.0 Å². The number of hydrogen-bond acceptors (Lipinski definition) is 6. The molecule has 9 heteroatoms. The van der Waals surface area contributed by atoms with E-state index in [4.69, 9.17) is 9.72 Å². The number of hydrogen-bond donors (Lipinski definition) is 1. The van der Waals surface area contributed by atoms with E-state index in [1.165, 1.54) is 0 Å². The maximum Gasteiger partial charge on any atom is 0.251 e. The van der Waals surface area contributed by atoms with Gasteiger partial charge >= 0.3 is 0 Å². The molecule has 0 saturated carbocycles. The summed E-state index contributed by atoms with van der Waals surface area (Å²) in [6.45, 7) is 2.84. The highest BCUT2D eigenvalue weighted by Gasteiger charge is 2.31. The van der Waals surface area contributed by atoms with Gasteiger partial charge in [0.25, 0.3) is 5.91 Å². The fourth-order valence-corrected chi connectivity index (χ4v) is 4.71. The van der Waals surface area contributed by atoms with Crippen LogP contribution < -0.4 is 5.32 Å². The first kappa shape index (κ1) is 20.4. The summed E-state index contributed by atoms with van der Waals surface area (Å²) in [5.74, 6) is 1.35. The minimum atomic E-state index is -0.239. The van der Waals surface area contributed by atoms with Gasteiger partial charge in [0.05, 0.1) is 10.7 Å². The molecule has 8 nitrogen and oxygen atoms in total. The van der Waals surface area contributed by atoms with Gasteiger partial charge in [0, 0.05) is 56.3 Å². The zero-order valence-electron chi connectivity index (χ0n) is 17.2. The Balaban J connectivity index is 1.32.